The topological polar surface area (TPSA) is 93.8 Å². The van der Waals surface area contributed by atoms with Crippen molar-refractivity contribution in [2.24, 2.45) is 0 Å². The fraction of sp³-hybridized carbons (Fsp3) is 0.500. The van der Waals surface area contributed by atoms with Gasteiger partial charge in [-0.25, -0.2) is 18.1 Å². The van der Waals surface area contributed by atoms with Gasteiger partial charge in [0.15, 0.2) is 0 Å². The molecule has 9 heteroatoms. The van der Waals surface area contributed by atoms with E-state index in [1.54, 1.807) is 23.4 Å². The number of nitrogens with zero attached hydrogens (tertiary/aromatic N) is 4. The van der Waals surface area contributed by atoms with Crippen molar-refractivity contribution in [3.63, 3.8) is 0 Å². The van der Waals surface area contributed by atoms with E-state index in [1.165, 1.54) is 12.4 Å². The molecule has 0 aliphatic carbocycles. The Kier molecular flexibility index (Phi) is 5.10. The van der Waals surface area contributed by atoms with Gasteiger partial charge < -0.3 is 9.88 Å². The molecular weight excluding hydrogens is 292 g/mol. The molecule has 0 aliphatic rings. The standard InChI is InChI=1S/C12H20N6O2S/c1-11(8-17-5-4-14-10-17)16-21(19,20)12-7-15-18(9-12)6-3-13-2/h4-5,7,9-11,13,16H,3,6,8H2,1-2H3. The van der Waals surface area contributed by atoms with E-state index >= 15 is 0 Å². The van der Waals surface area contributed by atoms with E-state index in [1.807, 2.05) is 18.5 Å². The predicted octanol–water partition coefficient (Wildman–Crippen LogP) is -0.334. The second-order valence-corrected chi connectivity index (χ2v) is 6.54. The van der Waals surface area contributed by atoms with Gasteiger partial charge in [-0.15, -0.1) is 0 Å². The Labute approximate surface area is 124 Å². The molecule has 0 saturated carbocycles. The van der Waals surface area contributed by atoms with E-state index in [9.17, 15) is 8.42 Å². The van der Waals surface area contributed by atoms with Crippen LogP contribution in [0.2, 0.25) is 0 Å². The smallest absolute Gasteiger partial charge is 0.243 e. The summed E-state index contributed by atoms with van der Waals surface area (Å²) in [4.78, 5) is 4.11. The van der Waals surface area contributed by atoms with Crippen molar-refractivity contribution in [1.29, 1.82) is 0 Å². The quantitative estimate of drug-likeness (QED) is 0.696. The van der Waals surface area contributed by atoms with Crippen molar-refractivity contribution in [1.82, 2.24) is 29.4 Å². The maximum Gasteiger partial charge on any atom is 0.243 e. The predicted molar refractivity (Wildman–Crippen MR) is 78.2 cm³/mol. The molecule has 0 radical (unpaired) electrons. The van der Waals surface area contributed by atoms with Crippen molar-refractivity contribution in [3.8, 4) is 0 Å². The summed E-state index contributed by atoms with van der Waals surface area (Å²) in [5, 5.41) is 7.03. The molecule has 0 spiro atoms. The van der Waals surface area contributed by atoms with Crippen molar-refractivity contribution in [3.05, 3.63) is 31.1 Å². The fourth-order valence-corrected chi connectivity index (χ4v) is 3.10. The zero-order chi connectivity index (χ0) is 15.3. The summed E-state index contributed by atoms with van der Waals surface area (Å²) in [6.45, 7) is 3.68. The Morgan fingerprint density at radius 3 is 2.90 bits per heavy atom. The minimum Gasteiger partial charge on any atom is -0.336 e. The second-order valence-electron chi connectivity index (χ2n) is 4.82. The van der Waals surface area contributed by atoms with E-state index < -0.39 is 10.0 Å². The van der Waals surface area contributed by atoms with Crippen LogP contribution in [-0.4, -0.2) is 47.4 Å². The van der Waals surface area contributed by atoms with Crippen LogP contribution < -0.4 is 10.0 Å². The van der Waals surface area contributed by atoms with Gasteiger partial charge in [0.1, 0.15) is 4.90 Å². The molecule has 0 bridgehead atoms. The number of sulfonamides is 1. The lowest BCUT2D eigenvalue weighted by atomic mass is 10.4. The number of hydrogen-bond acceptors (Lipinski definition) is 5. The number of aromatic nitrogens is 4. The van der Waals surface area contributed by atoms with Crippen LogP contribution in [0.25, 0.3) is 0 Å². The molecular formula is C12H20N6O2S. The number of rotatable bonds is 8. The van der Waals surface area contributed by atoms with Crippen LogP contribution in [0, 0.1) is 0 Å². The number of hydrogen-bond donors (Lipinski definition) is 2. The molecule has 2 rings (SSSR count). The maximum absolute atomic E-state index is 12.3. The molecule has 1 atom stereocenters. The van der Waals surface area contributed by atoms with Crippen LogP contribution in [0.15, 0.2) is 36.0 Å². The molecule has 2 aromatic heterocycles. The molecule has 0 amide bonds. The summed E-state index contributed by atoms with van der Waals surface area (Å²) >= 11 is 0. The van der Waals surface area contributed by atoms with Crippen molar-refractivity contribution >= 4 is 10.0 Å². The van der Waals surface area contributed by atoms with Gasteiger partial charge in [-0.1, -0.05) is 0 Å². The molecule has 21 heavy (non-hydrogen) atoms. The van der Waals surface area contributed by atoms with E-state index in [2.05, 4.69) is 20.1 Å². The first-order valence-electron chi connectivity index (χ1n) is 6.66. The molecule has 0 aromatic carbocycles. The lowest BCUT2D eigenvalue weighted by Crippen LogP contribution is -2.35. The van der Waals surface area contributed by atoms with E-state index in [0.29, 0.717) is 13.1 Å². The third kappa shape index (κ3) is 4.38. The summed E-state index contributed by atoms with van der Waals surface area (Å²) in [6, 6.07) is -0.246. The second kappa shape index (κ2) is 6.83. The third-order valence-electron chi connectivity index (χ3n) is 2.91. The van der Waals surface area contributed by atoms with Crippen molar-refractivity contribution in [2.75, 3.05) is 13.6 Å². The van der Waals surface area contributed by atoms with Crippen LogP contribution in [0.4, 0.5) is 0 Å². The SMILES string of the molecule is CNCCn1cc(S(=O)(=O)NC(C)Cn2ccnc2)cn1. The van der Waals surface area contributed by atoms with Crippen LogP contribution >= 0.6 is 0 Å². The molecule has 1 unspecified atom stereocenters. The summed E-state index contributed by atoms with van der Waals surface area (Å²) in [5.74, 6) is 0. The highest BCUT2D eigenvalue weighted by Gasteiger charge is 2.19. The molecule has 0 fully saturated rings. The van der Waals surface area contributed by atoms with Crippen molar-refractivity contribution in [2.45, 2.75) is 31.0 Å². The number of likely N-dealkylation sites (N-methyl/N-ethyl adjacent to an activating group) is 1. The monoisotopic (exact) mass is 312 g/mol. The third-order valence-corrected chi connectivity index (χ3v) is 4.46. The lowest BCUT2D eigenvalue weighted by molar-refractivity contribution is 0.520. The molecule has 116 valence electrons. The Morgan fingerprint density at radius 1 is 1.43 bits per heavy atom. The summed E-state index contributed by atoms with van der Waals surface area (Å²) in [6.07, 6.45) is 8.00. The lowest BCUT2D eigenvalue weighted by Gasteiger charge is -2.13. The van der Waals surface area contributed by atoms with E-state index in [4.69, 9.17) is 0 Å². The number of nitrogens with one attached hydrogen (secondary N) is 2. The van der Waals surface area contributed by atoms with E-state index in [0.717, 1.165) is 6.54 Å². The van der Waals surface area contributed by atoms with Gasteiger partial charge in [0, 0.05) is 37.7 Å². The fourth-order valence-electron chi connectivity index (χ4n) is 1.91. The van der Waals surface area contributed by atoms with Gasteiger partial charge in [0.05, 0.1) is 19.1 Å². The molecule has 0 saturated heterocycles. The highest BCUT2D eigenvalue weighted by Crippen LogP contribution is 2.08. The Hall–Kier alpha value is -1.71. The minimum absolute atomic E-state index is 0.177. The van der Waals surface area contributed by atoms with Gasteiger partial charge in [-0.05, 0) is 14.0 Å². The highest BCUT2D eigenvalue weighted by molar-refractivity contribution is 7.89. The van der Waals surface area contributed by atoms with Crippen LogP contribution in [0.3, 0.4) is 0 Å². The van der Waals surface area contributed by atoms with Crippen molar-refractivity contribution < 1.29 is 8.42 Å². The number of imidazole rings is 1. The molecule has 2 N–H and O–H groups in total. The first-order valence-corrected chi connectivity index (χ1v) is 8.14. The highest BCUT2D eigenvalue weighted by atomic mass is 32.2. The van der Waals surface area contributed by atoms with Gasteiger partial charge >= 0.3 is 0 Å². The molecule has 0 aliphatic heterocycles. The molecule has 8 nitrogen and oxygen atoms in total. The molecule has 2 heterocycles. The first kappa shape index (κ1) is 15.7. The van der Waals surface area contributed by atoms with Crippen LogP contribution in [0.5, 0.6) is 0 Å². The van der Waals surface area contributed by atoms with Crippen LogP contribution in [-0.2, 0) is 23.1 Å². The Morgan fingerprint density at radius 2 is 2.24 bits per heavy atom. The largest absolute Gasteiger partial charge is 0.336 e. The van der Waals surface area contributed by atoms with Gasteiger partial charge in [0.2, 0.25) is 10.0 Å². The Bertz CT molecular complexity index is 649. The summed E-state index contributed by atoms with van der Waals surface area (Å²) in [5.41, 5.74) is 0. The normalized spacial score (nSPS) is 13.4. The maximum atomic E-state index is 12.3. The van der Waals surface area contributed by atoms with Crippen LogP contribution in [0.1, 0.15) is 6.92 Å². The summed E-state index contributed by atoms with van der Waals surface area (Å²) in [7, 11) is -1.72. The van der Waals surface area contributed by atoms with Gasteiger partial charge in [0.25, 0.3) is 0 Å². The summed E-state index contributed by atoms with van der Waals surface area (Å²) < 4.78 is 30.6. The van der Waals surface area contributed by atoms with Gasteiger partial charge in [-0.3, -0.25) is 4.68 Å². The Balaban J connectivity index is 1.98. The first-order chi connectivity index (χ1) is 10.0. The zero-order valence-electron chi connectivity index (χ0n) is 12.1. The zero-order valence-corrected chi connectivity index (χ0v) is 12.9. The van der Waals surface area contributed by atoms with Gasteiger partial charge in [-0.2, -0.15) is 5.10 Å². The average molecular weight is 312 g/mol. The molecule has 2 aromatic rings. The van der Waals surface area contributed by atoms with E-state index in [-0.39, 0.29) is 10.9 Å². The average Bonchev–Trinajstić information content (AvgIpc) is 3.06. The minimum atomic E-state index is -3.55.